The number of aliphatic hydroxyl groups is 1. The van der Waals surface area contributed by atoms with E-state index in [0.29, 0.717) is 12.2 Å². The maximum Gasteiger partial charge on any atom is 0.426 e. The molecule has 1 saturated heterocycles. The van der Waals surface area contributed by atoms with Crippen LogP contribution < -0.4 is 11.2 Å². The van der Waals surface area contributed by atoms with Gasteiger partial charge < -0.3 is 18.7 Å². The molecule has 0 amide bonds. The highest BCUT2D eigenvalue weighted by Crippen LogP contribution is 2.28. The molecule has 0 saturated carbocycles. The lowest BCUT2D eigenvalue weighted by molar-refractivity contribution is -0.0442. The average Bonchev–Trinajstić information content (AvgIpc) is 2.90. The monoisotopic (exact) mass is 378 g/mol. The summed E-state index contributed by atoms with van der Waals surface area (Å²) in [5, 5.41) is 10.1. The van der Waals surface area contributed by atoms with Gasteiger partial charge in [-0.2, -0.15) is 0 Å². The van der Waals surface area contributed by atoms with Gasteiger partial charge in [0.25, 0.3) is 5.56 Å². The van der Waals surface area contributed by atoms with Gasteiger partial charge in [0, 0.05) is 24.8 Å². The lowest BCUT2D eigenvalue weighted by Crippen LogP contribution is -2.34. The average molecular weight is 379 g/mol. The van der Waals surface area contributed by atoms with E-state index in [4.69, 9.17) is 24.7 Å². The third kappa shape index (κ3) is 5.01. The van der Waals surface area contributed by atoms with Crippen LogP contribution in [0.15, 0.2) is 15.8 Å². The number of rotatable bonds is 8. The summed E-state index contributed by atoms with van der Waals surface area (Å²) in [6.45, 7) is 4.30. The number of nitrogens with one attached hydrogen (secondary N) is 1. The second-order valence-corrected chi connectivity index (χ2v) is 8.03. The first-order valence-corrected chi connectivity index (χ1v) is 10.6. The van der Waals surface area contributed by atoms with Gasteiger partial charge in [0.05, 0.1) is 12.7 Å². The highest BCUT2D eigenvalue weighted by Gasteiger charge is 2.36. The SMILES string of the molecule is CCCCO[SiH](Cl)OC[C@H]1O[C@@H](n2cc(C)c(=O)[nH]c2=O)C[C@@H]1O. The summed E-state index contributed by atoms with van der Waals surface area (Å²) in [6.07, 6.45) is 1.53. The van der Waals surface area contributed by atoms with E-state index in [1.54, 1.807) is 6.92 Å². The van der Waals surface area contributed by atoms with Crippen LogP contribution in [-0.2, 0) is 13.6 Å². The molecule has 4 atom stereocenters. The van der Waals surface area contributed by atoms with E-state index >= 15 is 0 Å². The highest BCUT2D eigenvalue weighted by atomic mass is 35.6. The lowest BCUT2D eigenvalue weighted by Gasteiger charge is -2.18. The van der Waals surface area contributed by atoms with Gasteiger partial charge in [-0.15, -0.1) is 11.1 Å². The third-order valence-electron chi connectivity index (χ3n) is 3.80. The largest absolute Gasteiger partial charge is 0.426 e. The molecule has 0 aromatic carbocycles. The summed E-state index contributed by atoms with van der Waals surface area (Å²) in [5.41, 5.74) is -0.614. The van der Waals surface area contributed by atoms with Crippen LogP contribution in [0.2, 0.25) is 0 Å². The van der Waals surface area contributed by atoms with Crippen molar-refractivity contribution >= 4 is 19.7 Å². The summed E-state index contributed by atoms with van der Waals surface area (Å²) in [7, 11) is -2.27. The van der Waals surface area contributed by atoms with Gasteiger partial charge in [0.1, 0.15) is 12.3 Å². The molecule has 136 valence electrons. The van der Waals surface area contributed by atoms with Crippen LogP contribution >= 0.6 is 11.1 Å². The van der Waals surface area contributed by atoms with E-state index in [2.05, 4.69) is 11.9 Å². The van der Waals surface area contributed by atoms with E-state index in [0.717, 1.165) is 12.8 Å². The standard InChI is InChI=1S/C14H23ClN2O6Si/c1-3-4-5-21-24(15)22-8-11-10(18)6-12(23-11)17-7-9(2)13(19)16-14(17)20/h7,10-12,18,24H,3-6,8H2,1-2H3,(H,16,19,20)/t10-,11+,12+,24?/m0/s1. The Hall–Kier alpha value is -0.973. The molecule has 1 unspecified atom stereocenters. The zero-order valence-corrected chi connectivity index (χ0v) is 15.6. The molecule has 1 aromatic heterocycles. The first-order valence-electron chi connectivity index (χ1n) is 7.95. The molecule has 0 radical (unpaired) electrons. The van der Waals surface area contributed by atoms with Crippen LogP contribution in [0.25, 0.3) is 0 Å². The summed E-state index contributed by atoms with van der Waals surface area (Å²) in [6, 6.07) is 0. The van der Waals surface area contributed by atoms with Gasteiger partial charge in [-0.25, -0.2) is 4.79 Å². The maximum absolute atomic E-state index is 11.9. The Morgan fingerprint density at radius 2 is 2.25 bits per heavy atom. The number of H-pyrrole nitrogens is 1. The van der Waals surface area contributed by atoms with Crippen molar-refractivity contribution in [2.75, 3.05) is 13.2 Å². The van der Waals surface area contributed by atoms with Crippen LogP contribution in [0.4, 0.5) is 0 Å². The van der Waals surface area contributed by atoms with Gasteiger partial charge in [-0.3, -0.25) is 14.3 Å². The maximum atomic E-state index is 11.9. The van der Waals surface area contributed by atoms with Crippen LogP contribution in [0.5, 0.6) is 0 Å². The molecule has 1 aromatic rings. The Bertz CT molecular complexity index is 651. The van der Waals surface area contributed by atoms with Gasteiger partial charge >= 0.3 is 14.3 Å². The minimum atomic E-state index is -2.27. The predicted octanol–water partition coefficient (Wildman–Crippen LogP) is 0.283. The quantitative estimate of drug-likeness (QED) is 0.382. The summed E-state index contributed by atoms with van der Waals surface area (Å²) in [5.74, 6) is 0. The number of hydrogen-bond donors (Lipinski definition) is 2. The fraction of sp³-hybridized carbons (Fsp3) is 0.714. The Balaban J connectivity index is 1.91. The van der Waals surface area contributed by atoms with Crippen LogP contribution in [-0.4, -0.2) is 48.7 Å². The Labute approximate surface area is 145 Å². The molecular weight excluding hydrogens is 356 g/mol. The number of nitrogens with zero attached hydrogens (tertiary/aromatic N) is 1. The van der Waals surface area contributed by atoms with E-state index in [-0.39, 0.29) is 13.0 Å². The molecule has 2 N–H and O–H groups in total. The van der Waals surface area contributed by atoms with Crippen molar-refractivity contribution in [2.24, 2.45) is 0 Å². The second-order valence-electron chi connectivity index (χ2n) is 5.74. The third-order valence-corrected chi connectivity index (χ3v) is 5.51. The number of ether oxygens (including phenoxy) is 1. The summed E-state index contributed by atoms with van der Waals surface area (Å²) < 4.78 is 17.8. The first kappa shape index (κ1) is 19.4. The predicted molar refractivity (Wildman–Crippen MR) is 90.4 cm³/mol. The molecule has 1 aliphatic heterocycles. The number of aryl methyl sites for hydroxylation is 1. The molecule has 0 spiro atoms. The van der Waals surface area contributed by atoms with Gasteiger partial charge in [-0.05, 0) is 13.3 Å². The van der Waals surface area contributed by atoms with Gasteiger partial charge in [-0.1, -0.05) is 13.3 Å². The summed E-state index contributed by atoms with van der Waals surface area (Å²) in [4.78, 5) is 25.5. The topological polar surface area (TPSA) is 103 Å². The van der Waals surface area contributed by atoms with Crippen molar-refractivity contribution < 1.29 is 18.7 Å². The molecule has 2 heterocycles. The first-order chi connectivity index (χ1) is 11.4. The van der Waals surface area contributed by atoms with Crippen LogP contribution in [0.3, 0.4) is 0 Å². The Morgan fingerprint density at radius 3 is 2.96 bits per heavy atom. The molecule has 10 heteroatoms. The zero-order valence-electron chi connectivity index (χ0n) is 13.7. The lowest BCUT2D eigenvalue weighted by atomic mass is 10.2. The molecule has 0 aliphatic carbocycles. The van der Waals surface area contributed by atoms with Crippen molar-refractivity contribution in [2.45, 2.75) is 51.5 Å². The van der Waals surface area contributed by atoms with Crippen LogP contribution in [0, 0.1) is 6.92 Å². The smallest absolute Gasteiger partial charge is 0.390 e. The number of aromatic amines is 1. The normalized spacial score (nSPS) is 25.1. The fourth-order valence-corrected chi connectivity index (χ4v) is 3.65. The van der Waals surface area contributed by atoms with E-state index < -0.39 is 38.3 Å². The van der Waals surface area contributed by atoms with Crippen molar-refractivity contribution in [3.05, 3.63) is 32.6 Å². The number of aromatic nitrogens is 2. The van der Waals surface area contributed by atoms with E-state index in [9.17, 15) is 14.7 Å². The van der Waals surface area contributed by atoms with Gasteiger partial charge in [0.15, 0.2) is 0 Å². The zero-order chi connectivity index (χ0) is 17.7. The second kappa shape index (κ2) is 8.93. The van der Waals surface area contributed by atoms with Crippen molar-refractivity contribution in [1.29, 1.82) is 0 Å². The number of hydrogen-bond acceptors (Lipinski definition) is 6. The van der Waals surface area contributed by atoms with Crippen LogP contribution in [0.1, 0.15) is 38.0 Å². The summed E-state index contributed by atoms with van der Waals surface area (Å²) >= 11 is 6.02. The van der Waals surface area contributed by atoms with E-state index in [1.807, 2.05) is 0 Å². The number of aliphatic hydroxyl groups excluding tert-OH is 1. The van der Waals surface area contributed by atoms with Gasteiger partial charge in [0.2, 0.25) is 0 Å². The Morgan fingerprint density at radius 1 is 1.50 bits per heavy atom. The van der Waals surface area contributed by atoms with E-state index in [1.165, 1.54) is 10.8 Å². The minimum Gasteiger partial charge on any atom is -0.390 e. The van der Waals surface area contributed by atoms with Crippen molar-refractivity contribution in [3.63, 3.8) is 0 Å². The molecular formula is C14H23ClN2O6Si. The highest BCUT2D eigenvalue weighted by molar-refractivity contribution is 6.99. The molecule has 8 nitrogen and oxygen atoms in total. The molecule has 1 fully saturated rings. The Kier molecular flexibility index (Phi) is 7.20. The van der Waals surface area contributed by atoms with Crippen molar-refractivity contribution in [1.82, 2.24) is 9.55 Å². The van der Waals surface area contributed by atoms with Crippen molar-refractivity contribution in [3.8, 4) is 0 Å². The minimum absolute atomic E-state index is 0.0985. The molecule has 2 rings (SSSR count). The number of halogens is 1. The number of unbranched alkanes of at least 4 members (excludes halogenated alkanes) is 1. The molecule has 0 bridgehead atoms. The molecule has 1 aliphatic rings. The molecule has 24 heavy (non-hydrogen) atoms. The fourth-order valence-electron chi connectivity index (χ4n) is 2.37.